The van der Waals surface area contributed by atoms with Gasteiger partial charge in [0.05, 0.1) is 11.8 Å². The molecule has 0 aromatic rings. The van der Waals surface area contributed by atoms with Gasteiger partial charge in [-0.3, -0.25) is 9.59 Å². The highest BCUT2D eigenvalue weighted by Gasteiger charge is 2.48. The van der Waals surface area contributed by atoms with Crippen molar-refractivity contribution in [2.75, 3.05) is 6.54 Å². The number of carboxylic acids is 1. The van der Waals surface area contributed by atoms with Crippen molar-refractivity contribution >= 4 is 11.9 Å². The third-order valence-electron chi connectivity index (χ3n) is 2.47. The number of carbonyl (C=O) groups excluding carboxylic acids is 1. The molecule has 0 saturated heterocycles. The Bertz CT molecular complexity index is 238. The number of carbonyl (C=O) groups is 2. The predicted molar refractivity (Wildman–Crippen MR) is 51.7 cm³/mol. The maximum atomic E-state index is 11.3. The average Bonchev–Trinajstić information content (AvgIpc) is 2.81. The van der Waals surface area contributed by atoms with E-state index < -0.39 is 11.9 Å². The first-order valence-corrected chi connectivity index (χ1v) is 5.03. The van der Waals surface area contributed by atoms with Crippen molar-refractivity contribution in [3.8, 4) is 0 Å². The van der Waals surface area contributed by atoms with Crippen LogP contribution in [0.15, 0.2) is 0 Å². The van der Waals surface area contributed by atoms with E-state index in [2.05, 4.69) is 19.2 Å². The van der Waals surface area contributed by atoms with Crippen molar-refractivity contribution < 1.29 is 14.7 Å². The lowest BCUT2D eigenvalue weighted by Gasteiger charge is -2.06. The molecule has 0 aromatic carbocycles. The van der Waals surface area contributed by atoms with Gasteiger partial charge in [0.25, 0.3) is 0 Å². The fourth-order valence-electron chi connectivity index (χ4n) is 1.37. The monoisotopic (exact) mass is 199 g/mol. The van der Waals surface area contributed by atoms with E-state index in [1.54, 1.807) is 0 Å². The molecule has 14 heavy (non-hydrogen) atoms. The highest BCUT2D eigenvalue weighted by atomic mass is 16.4. The van der Waals surface area contributed by atoms with Gasteiger partial charge in [0.2, 0.25) is 5.91 Å². The van der Waals surface area contributed by atoms with Crippen molar-refractivity contribution in [1.82, 2.24) is 5.32 Å². The van der Waals surface area contributed by atoms with Crippen molar-refractivity contribution in [3.05, 3.63) is 0 Å². The molecule has 1 rings (SSSR count). The van der Waals surface area contributed by atoms with Crippen LogP contribution < -0.4 is 5.32 Å². The van der Waals surface area contributed by atoms with Crippen LogP contribution in [0.1, 0.15) is 26.7 Å². The smallest absolute Gasteiger partial charge is 0.307 e. The predicted octanol–water partition coefficient (Wildman–Crippen LogP) is 0.869. The number of rotatable bonds is 5. The zero-order valence-electron chi connectivity index (χ0n) is 8.62. The second-order valence-corrected chi connectivity index (χ2v) is 4.26. The molecule has 0 spiro atoms. The van der Waals surface area contributed by atoms with Gasteiger partial charge in [-0.25, -0.2) is 0 Å². The Morgan fingerprint density at radius 1 is 1.43 bits per heavy atom. The molecule has 4 nitrogen and oxygen atoms in total. The number of amides is 1. The quantitative estimate of drug-likeness (QED) is 0.690. The summed E-state index contributed by atoms with van der Waals surface area (Å²) < 4.78 is 0. The summed E-state index contributed by atoms with van der Waals surface area (Å²) in [6.07, 6.45) is 1.44. The Kier molecular flexibility index (Phi) is 3.49. The molecule has 1 fully saturated rings. The first-order chi connectivity index (χ1) is 6.52. The van der Waals surface area contributed by atoms with Gasteiger partial charge in [-0.2, -0.15) is 0 Å². The second-order valence-electron chi connectivity index (χ2n) is 4.26. The first-order valence-electron chi connectivity index (χ1n) is 5.03. The third-order valence-corrected chi connectivity index (χ3v) is 2.47. The molecule has 2 atom stereocenters. The molecule has 0 aromatic heterocycles. The highest BCUT2D eigenvalue weighted by molar-refractivity contribution is 5.89. The Balaban J connectivity index is 2.15. The minimum atomic E-state index is -0.853. The van der Waals surface area contributed by atoms with Crippen LogP contribution in [0.3, 0.4) is 0 Å². The average molecular weight is 199 g/mol. The fraction of sp³-hybridized carbons (Fsp3) is 0.800. The molecule has 1 saturated carbocycles. The summed E-state index contributed by atoms with van der Waals surface area (Å²) >= 11 is 0. The van der Waals surface area contributed by atoms with Crippen molar-refractivity contribution in [3.63, 3.8) is 0 Å². The molecule has 0 bridgehead atoms. The fourth-order valence-corrected chi connectivity index (χ4v) is 1.37. The van der Waals surface area contributed by atoms with Crippen LogP contribution in [0.4, 0.5) is 0 Å². The Morgan fingerprint density at radius 3 is 2.50 bits per heavy atom. The number of carboxylic acid groups (broad SMARTS) is 1. The van der Waals surface area contributed by atoms with Gasteiger partial charge < -0.3 is 10.4 Å². The summed E-state index contributed by atoms with van der Waals surface area (Å²) in [4.78, 5) is 21.8. The minimum absolute atomic E-state index is 0.0990. The minimum Gasteiger partial charge on any atom is -0.481 e. The van der Waals surface area contributed by atoms with Crippen LogP contribution in [0.25, 0.3) is 0 Å². The van der Waals surface area contributed by atoms with Crippen LogP contribution in [-0.4, -0.2) is 23.5 Å². The van der Waals surface area contributed by atoms with Crippen molar-refractivity contribution in [2.24, 2.45) is 17.8 Å². The maximum absolute atomic E-state index is 11.3. The second kappa shape index (κ2) is 4.44. The Labute approximate surface area is 83.7 Å². The van der Waals surface area contributed by atoms with Gasteiger partial charge in [0.15, 0.2) is 0 Å². The van der Waals surface area contributed by atoms with E-state index in [9.17, 15) is 9.59 Å². The number of hydrogen-bond acceptors (Lipinski definition) is 2. The number of nitrogens with one attached hydrogen (secondary N) is 1. The molecule has 80 valence electrons. The van der Waals surface area contributed by atoms with Gasteiger partial charge in [0.1, 0.15) is 0 Å². The lowest BCUT2D eigenvalue weighted by molar-refractivity contribution is -0.140. The molecule has 1 aliphatic rings. The van der Waals surface area contributed by atoms with Gasteiger partial charge in [-0.15, -0.1) is 0 Å². The van der Waals surface area contributed by atoms with Crippen LogP contribution in [0.5, 0.6) is 0 Å². The number of aliphatic carboxylic acids is 1. The summed E-state index contributed by atoms with van der Waals surface area (Å²) in [7, 11) is 0. The SMILES string of the molecule is CC(C)CCNC(=O)[C@@H]1C[C@@H]1C(=O)O. The summed E-state index contributed by atoms with van der Waals surface area (Å²) in [5.74, 6) is -1.11. The van der Waals surface area contributed by atoms with Crippen molar-refractivity contribution in [1.29, 1.82) is 0 Å². The first kappa shape index (κ1) is 11.0. The Morgan fingerprint density at radius 2 is 2.07 bits per heavy atom. The van der Waals surface area contributed by atoms with Gasteiger partial charge in [0, 0.05) is 6.54 Å². The zero-order chi connectivity index (χ0) is 10.7. The number of hydrogen-bond donors (Lipinski definition) is 2. The molecular formula is C10H17NO3. The third kappa shape index (κ3) is 3.01. The van der Waals surface area contributed by atoms with Crippen LogP contribution >= 0.6 is 0 Å². The van der Waals surface area contributed by atoms with Gasteiger partial charge in [-0.1, -0.05) is 13.8 Å². The van der Waals surface area contributed by atoms with E-state index >= 15 is 0 Å². The molecule has 4 heteroatoms. The van der Waals surface area contributed by atoms with Crippen LogP contribution in [-0.2, 0) is 9.59 Å². The lowest BCUT2D eigenvalue weighted by atomic mass is 10.1. The van der Waals surface area contributed by atoms with E-state index in [4.69, 9.17) is 5.11 Å². The van der Waals surface area contributed by atoms with E-state index in [0.717, 1.165) is 6.42 Å². The Hall–Kier alpha value is -1.06. The summed E-state index contributed by atoms with van der Waals surface area (Å²) in [6, 6.07) is 0. The lowest BCUT2D eigenvalue weighted by Crippen LogP contribution is -2.28. The molecular weight excluding hydrogens is 182 g/mol. The molecule has 1 amide bonds. The molecule has 0 unspecified atom stereocenters. The highest BCUT2D eigenvalue weighted by Crippen LogP contribution is 2.38. The van der Waals surface area contributed by atoms with E-state index in [-0.39, 0.29) is 11.8 Å². The molecule has 0 radical (unpaired) electrons. The normalized spacial score (nSPS) is 24.8. The van der Waals surface area contributed by atoms with Crippen LogP contribution in [0.2, 0.25) is 0 Å². The largest absolute Gasteiger partial charge is 0.481 e. The topological polar surface area (TPSA) is 66.4 Å². The van der Waals surface area contributed by atoms with E-state index in [1.165, 1.54) is 0 Å². The van der Waals surface area contributed by atoms with Gasteiger partial charge in [-0.05, 0) is 18.8 Å². The molecule has 2 N–H and O–H groups in total. The van der Waals surface area contributed by atoms with Crippen molar-refractivity contribution in [2.45, 2.75) is 26.7 Å². The summed E-state index contributed by atoms with van der Waals surface area (Å²) in [5, 5.41) is 11.4. The standard InChI is InChI=1S/C10H17NO3/c1-6(2)3-4-11-9(12)7-5-8(7)10(13)14/h6-8H,3-5H2,1-2H3,(H,11,12)(H,13,14)/t7-,8+/m1/s1. The zero-order valence-corrected chi connectivity index (χ0v) is 8.62. The van der Waals surface area contributed by atoms with E-state index in [1.807, 2.05) is 0 Å². The van der Waals surface area contributed by atoms with Crippen LogP contribution in [0, 0.1) is 17.8 Å². The van der Waals surface area contributed by atoms with Gasteiger partial charge >= 0.3 is 5.97 Å². The molecule has 1 aliphatic carbocycles. The molecule has 0 heterocycles. The summed E-state index contributed by atoms with van der Waals surface area (Å²) in [5.41, 5.74) is 0. The van der Waals surface area contributed by atoms with E-state index in [0.29, 0.717) is 18.9 Å². The molecule has 0 aliphatic heterocycles. The maximum Gasteiger partial charge on any atom is 0.307 e. The summed E-state index contributed by atoms with van der Waals surface area (Å²) in [6.45, 7) is 4.83.